The van der Waals surface area contributed by atoms with Crippen LogP contribution in [-0.4, -0.2) is 26.2 Å². The number of amides is 1. The monoisotopic (exact) mass is 210 g/mol. The number of anilines is 1. The van der Waals surface area contributed by atoms with Gasteiger partial charge in [0.2, 0.25) is 0 Å². The van der Waals surface area contributed by atoms with Crippen LogP contribution in [-0.2, 0) is 4.74 Å². The third kappa shape index (κ3) is 2.85. The molecule has 1 aromatic carbocycles. The molecule has 0 spiro atoms. The molecule has 1 amide bonds. The minimum Gasteiger partial charge on any atom is -0.489 e. The highest BCUT2D eigenvalue weighted by Gasteiger charge is 2.09. The van der Waals surface area contributed by atoms with Crippen LogP contribution in [0.2, 0.25) is 0 Å². The molecule has 0 heterocycles. The number of rotatable bonds is 5. The average Bonchev–Trinajstić information content (AvgIpc) is 2.20. The first-order valence-corrected chi connectivity index (χ1v) is 4.47. The zero-order valence-electron chi connectivity index (χ0n) is 8.53. The fourth-order valence-electron chi connectivity index (χ4n) is 1.12. The van der Waals surface area contributed by atoms with E-state index in [0.717, 1.165) is 0 Å². The standard InChI is InChI=1S/C10H14N2O3/c1-14-5-6-15-8-4-2-3-7(9(8)11)10(12)13/h2-4H,5-6,11H2,1H3,(H2,12,13). The Labute approximate surface area is 88.0 Å². The van der Waals surface area contributed by atoms with Crippen LogP contribution in [0.1, 0.15) is 10.4 Å². The number of carbonyl (C=O) groups excluding carboxylic acids is 1. The van der Waals surface area contributed by atoms with Gasteiger partial charge in [0.25, 0.3) is 5.91 Å². The van der Waals surface area contributed by atoms with Gasteiger partial charge >= 0.3 is 0 Å². The van der Waals surface area contributed by atoms with Gasteiger partial charge in [0, 0.05) is 7.11 Å². The van der Waals surface area contributed by atoms with E-state index in [0.29, 0.717) is 19.0 Å². The first-order valence-electron chi connectivity index (χ1n) is 4.47. The van der Waals surface area contributed by atoms with Crippen LogP contribution in [0.15, 0.2) is 18.2 Å². The van der Waals surface area contributed by atoms with Crippen molar-refractivity contribution in [3.05, 3.63) is 23.8 Å². The van der Waals surface area contributed by atoms with E-state index < -0.39 is 5.91 Å². The predicted octanol–water partition coefficient (Wildman–Crippen LogP) is 0.393. The number of primary amides is 1. The topological polar surface area (TPSA) is 87.6 Å². The maximum absolute atomic E-state index is 11.0. The van der Waals surface area contributed by atoms with Crippen molar-refractivity contribution in [2.75, 3.05) is 26.1 Å². The number of nitrogen functional groups attached to an aromatic ring is 1. The number of para-hydroxylation sites is 1. The summed E-state index contributed by atoms with van der Waals surface area (Å²) in [6.07, 6.45) is 0. The van der Waals surface area contributed by atoms with Crippen molar-refractivity contribution >= 4 is 11.6 Å². The normalized spacial score (nSPS) is 9.93. The smallest absolute Gasteiger partial charge is 0.250 e. The number of carbonyl (C=O) groups is 1. The summed E-state index contributed by atoms with van der Waals surface area (Å²) < 4.78 is 10.1. The molecule has 1 rings (SSSR count). The summed E-state index contributed by atoms with van der Waals surface area (Å²) >= 11 is 0. The quantitative estimate of drug-likeness (QED) is 0.543. The Morgan fingerprint density at radius 3 is 2.73 bits per heavy atom. The van der Waals surface area contributed by atoms with Crippen LogP contribution in [0.5, 0.6) is 5.75 Å². The third-order valence-corrected chi connectivity index (χ3v) is 1.88. The SMILES string of the molecule is COCCOc1cccc(C(N)=O)c1N. The Morgan fingerprint density at radius 2 is 2.13 bits per heavy atom. The van der Waals surface area contributed by atoms with E-state index in [2.05, 4.69) is 0 Å². The summed E-state index contributed by atoms with van der Waals surface area (Å²) in [6, 6.07) is 4.90. The molecular formula is C10H14N2O3. The van der Waals surface area contributed by atoms with Gasteiger partial charge in [0.15, 0.2) is 0 Å². The minimum absolute atomic E-state index is 0.265. The lowest BCUT2D eigenvalue weighted by Crippen LogP contribution is -2.14. The van der Waals surface area contributed by atoms with E-state index in [9.17, 15) is 4.79 Å². The first kappa shape index (κ1) is 11.3. The lowest BCUT2D eigenvalue weighted by Gasteiger charge is -2.10. The largest absolute Gasteiger partial charge is 0.489 e. The van der Waals surface area contributed by atoms with E-state index in [-0.39, 0.29) is 11.3 Å². The summed E-state index contributed by atoms with van der Waals surface area (Å²) in [6.45, 7) is 0.836. The van der Waals surface area contributed by atoms with Gasteiger partial charge in [-0.1, -0.05) is 6.07 Å². The summed E-state index contributed by atoms with van der Waals surface area (Å²) in [5.41, 5.74) is 11.4. The van der Waals surface area contributed by atoms with Gasteiger partial charge in [-0.15, -0.1) is 0 Å². The maximum Gasteiger partial charge on any atom is 0.250 e. The molecule has 15 heavy (non-hydrogen) atoms. The van der Waals surface area contributed by atoms with Crippen LogP contribution in [0.4, 0.5) is 5.69 Å². The molecule has 5 heteroatoms. The van der Waals surface area contributed by atoms with Crippen molar-refractivity contribution in [3.8, 4) is 5.75 Å². The molecule has 0 fully saturated rings. The highest BCUT2D eigenvalue weighted by molar-refractivity contribution is 5.99. The van der Waals surface area contributed by atoms with Gasteiger partial charge in [0.05, 0.1) is 17.9 Å². The van der Waals surface area contributed by atoms with Crippen LogP contribution in [0.25, 0.3) is 0 Å². The van der Waals surface area contributed by atoms with Crippen LogP contribution >= 0.6 is 0 Å². The molecule has 0 aliphatic heterocycles. The molecule has 0 saturated carbocycles. The van der Waals surface area contributed by atoms with Gasteiger partial charge in [-0.25, -0.2) is 0 Å². The Bertz CT molecular complexity index is 353. The molecule has 0 saturated heterocycles. The Kier molecular flexibility index (Phi) is 3.93. The molecule has 82 valence electrons. The highest BCUT2D eigenvalue weighted by atomic mass is 16.5. The fraction of sp³-hybridized carbons (Fsp3) is 0.300. The van der Waals surface area contributed by atoms with Crippen LogP contribution in [0.3, 0.4) is 0 Å². The van der Waals surface area contributed by atoms with Gasteiger partial charge in [0.1, 0.15) is 12.4 Å². The van der Waals surface area contributed by atoms with E-state index in [1.807, 2.05) is 0 Å². The number of ether oxygens (including phenoxy) is 2. The van der Waals surface area contributed by atoms with Crippen LogP contribution in [0, 0.1) is 0 Å². The van der Waals surface area contributed by atoms with E-state index in [1.165, 1.54) is 0 Å². The van der Waals surface area contributed by atoms with Crippen molar-refractivity contribution in [1.29, 1.82) is 0 Å². The summed E-state index contributed by atoms with van der Waals surface area (Å²) in [5, 5.41) is 0. The lowest BCUT2D eigenvalue weighted by molar-refractivity contribution is 0.100. The van der Waals surface area contributed by atoms with Gasteiger partial charge in [-0.05, 0) is 12.1 Å². The number of hydrogen-bond donors (Lipinski definition) is 2. The summed E-state index contributed by atoms with van der Waals surface area (Å²) in [4.78, 5) is 11.0. The van der Waals surface area contributed by atoms with Crippen molar-refractivity contribution in [3.63, 3.8) is 0 Å². The summed E-state index contributed by atoms with van der Waals surface area (Å²) in [7, 11) is 1.58. The molecule has 0 aromatic heterocycles. The van der Waals surface area contributed by atoms with E-state index in [1.54, 1.807) is 25.3 Å². The average molecular weight is 210 g/mol. The molecule has 1 aromatic rings. The van der Waals surface area contributed by atoms with Crippen molar-refractivity contribution in [2.24, 2.45) is 5.73 Å². The molecule has 0 bridgehead atoms. The predicted molar refractivity (Wildman–Crippen MR) is 56.7 cm³/mol. The highest BCUT2D eigenvalue weighted by Crippen LogP contribution is 2.24. The second-order valence-electron chi connectivity index (χ2n) is 2.92. The second-order valence-corrected chi connectivity index (χ2v) is 2.92. The zero-order chi connectivity index (χ0) is 11.3. The third-order valence-electron chi connectivity index (χ3n) is 1.88. The molecule has 0 aliphatic carbocycles. The molecule has 0 atom stereocenters. The van der Waals surface area contributed by atoms with Crippen molar-refractivity contribution in [2.45, 2.75) is 0 Å². The van der Waals surface area contributed by atoms with Gasteiger partial charge in [-0.2, -0.15) is 0 Å². The molecular weight excluding hydrogens is 196 g/mol. The van der Waals surface area contributed by atoms with E-state index >= 15 is 0 Å². The molecule has 4 N–H and O–H groups in total. The molecule has 5 nitrogen and oxygen atoms in total. The number of nitrogens with two attached hydrogens (primary N) is 2. The van der Waals surface area contributed by atoms with Crippen molar-refractivity contribution in [1.82, 2.24) is 0 Å². The number of benzene rings is 1. The first-order chi connectivity index (χ1) is 7.16. The van der Waals surface area contributed by atoms with Crippen molar-refractivity contribution < 1.29 is 14.3 Å². The maximum atomic E-state index is 11.0. The Hall–Kier alpha value is -1.75. The van der Waals surface area contributed by atoms with Crippen LogP contribution < -0.4 is 16.2 Å². The number of methoxy groups -OCH3 is 1. The number of hydrogen-bond acceptors (Lipinski definition) is 4. The summed E-state index contributed by atoms with van der Waals surface area (Å²) in [5.74, 6) is -0.118. The van der Waals surface area contributed by atoms with Gasteiger partial charge < -0.3 is 20.9 Å². The minimum atomic E-state index is -0.565. The lowest BCUT2D eigenvalue weighted by atomic mass is 10.1. The van der Waals surface area contributed by atoms with Gasteiger partial charge in [-0.3, -0.25) is 4.79 Å². The van der Waals surface area contributed by atoms with E-state index in [4.69, 9.17) is 20.9 Å². The molecule has 0 aliphatic rings. The zero-order valence-corrected chi connectivity index (χ0v) is 8.53. The molecule has 0 radical (unpaired) electrons. The second kappa shape index (κ2) is 5.21. The Balaban J connectivity index is 2.80. The fourth-order valence-corrected chi connectivity index (χ4v) is 1.12. The Morgan fingerprint density at radius 1 is 1.40 bits per heavy atom. The molecule has 0 unspecified atom stereocenters.